The Morgan fingerprint density at radius 3 is 3.00 bits per heavy atom. The summed E-state index contributed by atoms with van der Waals surface area (Å²) in [6.07, 6.45) is 6.18. The molecular weight excluding hydrogens is 255 g/mol. The fourth-order valence-electron chi connectivity index (χ4n) is 2.80. The second-order valence-electron chi connectivity index (χ2n) is 5.21. The van der Waals surface area contributed by atoms with Crippen LogP contribution in [0.1, 0.15) is 41.2 Å². The van der Waals surface area contributed by atoms with E-state index in [0.29, 0.717) is 12.1 Å². The number of halogens is 1. The largest absolute Gasteiger partial charge is 0.388 e. The lowest BCUT2D eigenvalue weighted by Crippen LogP contribution is -2.05. The molecule has 0 amide bonds. The van der Waals surface area contributed by atoms with Gasteiger partial charge >= 0.3 is 0 Å². The fraction of sp³-hybridized carbons (Fsp3) is 0.312. The number of aliphatic hydroxyl groups excluding tert-OH is 1. The van der Waals surface area contributed by atoms with Crippen molar-refractivity contribution in [3.8, 4) is 6.07 Å². The highest BCUT2D eigenvalue weighted by molar-refractivity contribution is 5.36. The minimum absolute atomic E-state index is 0.0689. The number of nitrogens with zero attached hydrogens (tertiary/aromatic N) is 2. The Morgan fingerprint density at radius 1 is 1.40 bits per heavy atom. The van der Waals surface area contributed by atoms with Crippen LogP contribution < -0.4 is 0 Å². The summed E-state index contributed by atoms with van der Waals surface area (Å²) < 4.78 is 15.9. The first kappa shape index (κ1) is 12.9. The van der Waals surface area contributed by atoms with E-state index in [1.807, 2.05) is 23.0 Å². The molecule has 1 aliphatic rings. The Bertz CT molecular complexity index is 684. The molecule has 1 heterocycles. The van der Waals surface area contributed by atoms with E-state index in [-0.39, 0.29) is 5.56 Å². The lowest BCUT2D eigenvalue weighted by molar-refractivity contribution is 0.157. The van der Waals surface area contributed by atoms with Crippen LogP contribution in [0.5, 0.6) is 0 Å². The van der Waals surface area contributed by atoms with Gasteiger partial charge in [-0.3, -0.25) is 0 Å². The van der Waals surface area contributed by atoms with Gasteiger partial charge in [0.2, 0.25) is 0 Å². The SMILES string of the molecule is N#Cc1cccc(Cn2cc3c(c2)C(O)CCC3)c1F. The van der Waals surface area contributed by atoms with Crippen molar-refractivity contribution in [1.29, 1.82) is 5.26 Å². The average molecular weight is 270 g/mol. The van der Waals surface area contributed by atoms with Crippen LogP contribution in [0.25, 0.3) is 0 Å². The Morgan fingerprint density at radius 2 is 2.25 bits per heavy atom. The minimum atomic E-state index is -0.456. The van der Waals surface area contributed by atoms with Crippen LogP contribution in [-0.4, -0.2) is 9.67 Å². The predicted octanol–water partition coefficient (Wildman–Crippen LogP) is 2.92. The van der Waals surface area contributed by atoms with Crippen molar-refractivity contribution in [2.45, 2.75) is 31.9 Å². The van der Waals surface area contributed by atoms with Gasteiger partial charge in [-0.2, -0.15) is 5.26 Å². The van der Waals surface area contributed by atoms with Gasteiger partial charge in [-0.05, 0) is 30.9 Å². The van der Waals surface area contributed by atoms with Crippen LogP contribution in [0, 0.1) is 17.1 Å². The van der Waals surface area contributed by atoms with Crippen molar-refractivity contribution in [3.05, 3.63) is 58.7 Å². The van der Waals surface area contributed by atoms with Crippen LogP contribution in [0.4, 0.5) is 4.39 Å². The quantitative estimate of drug-likeness (QED) is 0.912. The summed E-state index contributed by atoms with van der Waals surface area (Å²) in [6.45, 7) is 0.376. The molecule has 1 aromatic heterocycles. The van der Waals surface area contributed by atoms with Crippen LogP contribution >= 0.6 is 0 Å². The van der Waals surface area contributed by atoms with Crippen molar-refractivity contribution >= 4 is 0 Å². The number of aromatic nitrogens is 1. The molecule has 3 rings (SSSR count). The molecule has 1 atom stereocenters. The van der Waals surface area contributed by atoms with Crippen molar-refractivity contribution in [1.82, 2.24) is 4.57 Å². The van der Waals surface area contributed by atoms with Gasteiger partial charge in [0.1, 0.15) is 11.9 Å². The molecule has 4 heteroatoms. The van der Waals surface area contributed by atoms with Gasteiger partial charge in [-0.15, -0.1) is 0 Å². The first-order valence-electron chi connectivity index (χ1n) is 6.73. The number of benzene rings is 1. The van der Waals surface area contributed by atoms with Gasteiger partial charge in [0, 0.05) is 30.1 Å². The van der Waals surface area contributed by atoms with Crippen molar-refractivity contribution in [3.63, 3.8) is 0 Å². The molecular formula is C16H15FN2O. The van der Waals surface area contributed by atoms with Gasteiger partial charge in [0.15, 0.2) is 0 Å². The number of aliphatic hydroxyl groups is 1. The Kier molecular flexibility index (Phi) is 3.29. The Labute approximate surface area is 116 Å². The van der Waals surface area contributed by atoms with E-state index in [0.717, 1.165) is 30.4 Å². The molecule has 0 saturated heterocycles. The number of hydrogen-bond donors (Lipinski definition) is 1. The van der Waals surface area contributed by atoms with E-state index in [1.54, 1.807) is 12.1 Å². The summed E-state index contributed by atoms with van der Waals surface area (Å²) in [5, 5.41) is 18.8. The van der Waals surface area contributed by atoms with E-state index < -0.39 is 11.9 Å². The normalized spacial score (nSPS) is 17.6. The van der Waals surface area contributed by atoms with E-state index in [2.05, 4.69) is 0 Å². The Hall–Kier alpha value is -2.12. The lowest BCUT2D eigenvalue weighted by Gasteiger charge is -2.16. The summed E-state index contributed by atoms with van der Waals surface area (Å²) in [6, 6.07) is 6.70. The van der Waals surface area contributed by atoms with Gasteiger partial charge in [-0.25, -0.2) is 4.39 Å². The monoisotopic (exact) mass is 270 g/mol. The van der Waals surface area contributed by atoms with E-state index >= 15 is 0 Å². The first-order chi connectivity index (χ1) is 9.69. The third kappa shape index (κ3) is 2.21. The second kappa shape index (κ2) is 5.10. The van der Waals surface area contributed by atoms with Gasteiger partial charge < -0.3 is 9.67 Å². The molecule has 0 aliphatic heterocycles. The summed E-state index contributed by atoms with van der Waals surface area (Å²) in [7, 11) is 0. The standard InChI is InChI=1S/C16H15FN2O/c17-16-11(7-18)3-1-5-13(16)9-19-8-12-4-2-6-15(20)14(12)10-19/h1,3,5,8,10,15,20H,2,4,6,9H2. The molecule has 3 nitrogen and oxygen atoms in total. The molecule has 1 aliphatic carbocycles. The maximum Gasteiger partial charge on any atom is 0.145 e. The molecule has 0 fully saturated rings. The predicted molar refractivity (Wildman–Crippen MR) is 72.5 cm³/mol. The molecule has 0 bridgehead atoms. The number of nitriles is 1. The smallest absolute Gasteiger partial charge is 0.145 e. The van der Waals surface area contributed by atoms with Crippen molar-refractivity contribution < 1.29 is 9.50 Å². The van der Waals surface area contributed by atoms with Gasteiger partial charge in [0.25, 0.3) is 0 Å². The van der Waals surface area contributed by atoms with Crippen LogP contribution in [0.2, 0.25) is 0 Å². The molecule has 1 unspecified atom stereocenters. The maximum absolute atomic E-state index is 14.0. The molecule has 1 aromatic carbocycles. The fourth-order valence-corrected chi connectivity index (χ4v) is 2.80. The molecule has 0 radical (unpaired) electrons. The summed E-state index contributed by atoms with van der Waals surface area (Å²) in [5.74, 6) is -0.456. The number of fused-ring (bicyclic) bond motifs is 1. The third-order valence-electron chi connectivity index (χ3n) is 3.83. The first-order valence-corrected chi connectivity index (χ1v) is 6.73. The van der Waals surface area contributed by atoms with Crippen molar-refractivity contribution in [2.24, 2.45) is 0 Å². The maximum atomic E-state index is 14.0. The van der Waals surface area contributed by atoms with Gasteiger partial charge in [0.05, 0.1) is 11.7 Å². The molecule has 1 N–H and O–H groups in total. The highest BCUT2D eigenvalue weighted by Crippen LogP contribution is 2.30. The topological polar surface area (TPSA) is 49.0 Å². The summed E-state index contributed by atoms with van der Waals surface area (Å²) in [5.41, 5.74) is 2.65. The number of rotatable bonds is 2. The lowest BCUT2D eigenvalue weighted by atomic mass is 9.93. The van der Waals surface area contributed by atoms with E-state index in [9.17, 15) is 9.50 Å². The molecule has 0 saturated carbocycles. The zero-order valence-corrected chi connectivity index (χ0v) is 11.0. The molecule has 2 aromatic rings. The number of aryl methyl sites for hydroxylation is 1. The summed E-state index contributed by atoms with van der Waals surface area (Å²) >= 11 is 0. The second-order valence-corrected chi connectivity index (χ2v) is 5.21. The van der Waals surface area contributed by atoms with Crippen molar-refractivity contribution in [2.75, 3.05) is 0 Å². The minimum Gasteiger partial charge on any atom is -0.388 e. The number of hydrogen-bond acceptors (Lipinski definition) is 2. The molecule has 0 spiro atoms. The third-order valence-corrected chi connectivity index (χ3v) is 3.83. The summed E-state index contributed by atoms with van der Waals surface area (Å²) in [4.78, 5) is 0. The molecule has 102 valence electrons. The highest BCUT2D eigenvalue weighted by atomic mass is 19.1. The zero-order chi connectivity index (χ0) is 14.1. The highest BCUT2D eigenvalue weighted by Gasteiger charge is 2.20. The molecule has 20 heavy (non-hydrogen) atoms. The Balaban J connectivity index is 1.91. The average Bonchev–Trinajstić information content (AvgIpc) is 2.85. The van der Waals surface area contributed by atoms with Crippen LogP contribution in [0.15, 0.2) is 30.6 Å². The van der Waals surface area contributed by atoms with E-state index in [1.165, 1.54) is 6.07 Å². The van der Waals surface area contributed by atoms with Crippen LogP contribution in [0.3, 0.4) is 0 Å². The zero-order valence-electron chi connectivity index (χ0n) is 11.0. The van der Waals surface area contributed by atoms with Crippen LogP contribution in [-0.2, 0) is 13.0 Å². The van der Waals surface area contributed by atoms with Gasteiger partial charge in [-0.1, -0.05) is 12.1 Å². The van der Waals surface area contributed by atoms with E-state index in [4.69, 9.17) is 5.26 Å².